The predicted octanol–water partition coefficient (Wildman–Crippen LogP) is 4.16. The van der Waals surface area contributed by atoms with Crippen LogP contribution in [0.1, 0.15) is 49.5 Å². The third-order valence-corrected chi connectivity index (χ3v) is 12.3. The minimum Gasteiger partial charge on any atom is -0.419 e. The molecule has 0 spiro atoms. The van der Waals surface area contributed by atoms with Crippen LogP contribution < -0.4 is 15.5 Å². The molecule has 0 saturated carbocycles. The van der Waals surface area contributed by atoms with Gasteiger partial charge in [-0.1, -0.05) is 23.7 Å². The van der Waals surface area contributed by atoms with E-state index in [4.69, 9.17) is 16.0 Å². The summed E-state index contributed by atoms with van der Waals surface area (Å²) in [5, 5.41) is 20.1. The Morgan fingerprint density at radius 3 is 2.49 bits per heavy atom. The third-order valence-electron chi connectivity index (χ3n) is 10.2. The van der Waals surface area contributed by atoms with Gasteiger partial charge < -0.3 is 9.73 Å². The van der Waals surface area contributed by atoms with Crippen LogP contribution in [0.4, 0.5) is 16.6 Å². The molecule has 0 bridgehead atoms. The van der Waals surface area contributed by atoms with Crippen molar-refractivity contribution in [2.45, 2.75) is 55.5 Å². The van der Waals surface area contributed by atoms with Crippen molar-refractivity contribution in [1.29, 1.82) is 0 Å². The number of hydrogen-bond acceptors (Lipinski definition) is 12. The number of imide groups is 1. The number of carbonyl (C=O) groups is 2. The fourth-order valence-electron chi connectivity index (χ4n) is 7.27. The Morgan fingerprint density at radius 1 is 0.962 bits per heavy atom. The van der Waals surface area contributed by atoms with E-state index < -0.39 is 16.1 Å². The standard InChI is InChI=1S/C35H38ClN11O5S/c1-44-29-18-23(5-6-28(29)32(43-44)47-16-11-30(48)40-35(47)49)22-7-12-45(13-8-22)21-31-41-42-33(52-31)24-3-2-4-27(17-24)53(50,51)46-14-9-26(10-15-46)39-34-37-19-25(36)20-38-34/h2-6,17-20,22,26H,7-16,21H2,1H3,(H,37,38,39)(H,40,48,49). The first kappa shape index (κ1) is 35.1. The summed E-state index contributed by atoms with van der Waals surface area (Å²) in [5.41, 5.74) is 2.69. The van der Waals surface area contributed by atoms with E-state index in [1.807, 2.05) is 13.1 Å². The maximum atomic E-state index is 13.6. The zero-order valence-electron chi connectivity index (χ0n) is 29.0. The monoisotopic (exact) mass is 759 g/mol. The van der Waals surface area contributed by atoms with E-state index in [2.05, 4.69) is 52.9 Å². The Labute approximate surface area is 310 Å². The van der Waals surface area contributed by atoms with Crippen molar-refractivity contribution in [1.82, 2.24) is 44.5 Å². The number of sulfonamides is 1. The number of aryl methyl sites for hydroxylation is 1. The Kier molecular flexibility index (Phi) is 9.57. The Bertz CT molecular complexity index is 2260. The van der Waals surface area contributed by atoms with Gasteiger partial charge in [0.25, 0.3) is 0 Å². The van der Waals surface area contributed by atoms with Gasteiger partial charge in [0.2, 0.25) is 33.7 Å². The molecular weight excluding hydrogens is 722 g/mol. The number of anilines is 2. The van der Waals surface area contributed by atoms with Gasteiger partial charge in [-0.2, -0.15) is 9.40 Å². The van der Waals surface area contributed by atoms with Gasteiger partial charge >= 0.3 is 6.03 Å². The summed E-state index contributed by atoms with van der Waals surface area (Å²) < 4.78 is 36.5. The molecule has 3 aliphatic rings. The van der Waals surface area contributed by atoms with Gasteiger partial charge in [0.1, 0.15) is 0 Å². The molecule has 3 aliphatic heterocycles. The lowest BCUT2D eigenvalue weighted by Gasteiger charge is -2.31. The molecule has 2 aromatic carbocycles. The number of urea groups is 1. The molecule has 0 atom stereocenters. The van der Waals surface area contributed by atoms with Gasteiger partial charge in [-0.25, -0.2) is 23.2 Å². The molecule has 18 heteroatoms. The van der Waals surface area contributed by atoms with Crippen LogP contribution in [0.5, 0.6) is 0 Å². The number of nitrogens with one attached hydrogen (secondary N) is 2. The quantitative estimate of drug-likeness (QED) is 0.219. The van der Waals surface area contributed by atoms with E-state index >= 15 is 0 Å². The molecule has 3 amide bonds. The van der Waals surface area contributed by atoms with Crippen molar-refractivity contribution < 1.29 is 22.4 Å². The van der Waals surface area contributed by atoms with E-state index in [1.165, 1.54) is 27.2 Å². The van der Waals surface area contributed by atoms with Crippen LogP contribution in [0, 0.1) is 0 Å². The Hall–Kier alpha value is -4.97. The molecule has 3 fully saturated rings. The molecule has 8 rings (SSSR count). The van der Waals surface area contributed by atoms with E-state index in [9.17, 15) is 18.0 Å². The molecule has 0 radical (unpaired) electrons. The van der Waals surface area contributed by atoms with E-state index in [0.29, 0.717) is 73.2 Å². The molecule has 53 heavy (non-hydrogen) atoms. The van der Waals surface area contributed by atoms with Crippen molar-refractivity contribution in [3.8, 4) is 11.5 Å². The normalized spacial score (nSPS) is 18.5. The number of nitrogens with zero attached hydrogens (tertiary/aromatic N) is 9. The fourth-order valence-corrected chi connectivity index (χ4v) is 8.89. The number of halogens is 1. The highest BCUT2D eigenvalue weighted by Crippen LogP contribution is 2.34. The fraction of sp³-hybridized carbons (Fsp3) is 0.400. The first-order chi connectivity index (χ1) is 25.6. The summed E-state index contributed by atoms with van der Waals surface area (Å²) in [7, 11) is -1.87. The highest BCUT2D eigenvalue weighted by Gasteiger charge is 2.31. The number of piperidine rings is 2. The first-order valence-electron chi connectivity index (χ1n) is 17.6. The van der Waals surface area contributed by atoms with Gasteiger partial charge in [-0.05, 0) is 80.6 Å². The second kappa shape index (κ2) is 14.5. The predicted molar refractivity (Wildman–Crippen MR) is 196 cm³/mol. The smallest absolute Gasteiger partial charge is 0.329 e. The zero-order chi connectivity index (χ0) is 36.7. The number of likely N-dealkylation sites (tertiary alicyclic amines) is 1. The number of aromatic nitrogens is 6. The molecule has 3 saturated heterocycles. The number of hydrogen-bond donors (Lipinski definition) is 2. The Morgan fingerprint density at radius 2 is 1.74 bits per heavy atom. The van der Waals surface area contributed by atoms with Gasteiger partial charge in [0.05, 0.1) is 34.4 Å². The van der Waals surface area contributed by atoms with Gasteiger partial charge in [0, 0.05) is 50.1 Å². The highest BCUT2D eigenvalue weighted by molar-refractivity contribution is 7.89. The van der Waals surface area contributed by atoms with Crippen molar-refractivity contribution in [2.75, 3.05) is 42.9 Å². The molecule has 3 aromatic heterocycles. The van der Waals surface area contributed by atoms with Gasteiger partial charge in [0.15, 0.2) is 5.82 Å². The number of carbonyl (C=O) groups excluding carboxylic acids is 2. The number of amides is 3. The summed E-state index contributed by atoms with van der Waals surface area (Å²) in [4.78, 5) is 36.4. The van der Waals surface area contributed by atoms with E-state index in [-0.39, 0.29) is 29.2 Å². The van der Waals surface area contributed by atoms with E-state index in [1.54, 1.807) is 28.9 Å². The van der Waals surface area contributed by atoms with Crippen molar-refractivity contribution in [2.24, 2.45) is 7.05 Å². The number of rotatable bonds is 9. The first-order valence-corrected chi connectivity index (χ1v) is 19.4. The zero-order valence-corrected chi connectivity index (χ0v) is 30.6. The van der Waals surface area contributed by atoms with Crippen LogP contribution in [0.2, 0.25) is 5.02 Å². The molecule has 0 unspecified atom stereocenters. The summed E-state index contributed by atoms with van der Waals surface area (Å²) >= 11 is 5.88. The van der Waals surface area contributed by atoms with Crippen LogP contribution in [0.25, 0.3) is 22.4 Å². The molecule has 5 aromatic rings. The van der Waals surface area contributed by atoms with Crippen LogP contribution in [-0.2, 0) is 28.4 Å². The average Bonchev–Trinajstić information content (AvgIpc) is 3.77. The summed E-state index contributed by atoms with van der Waals surface area (Å²) in [6, 6.07) is 12.5. The van der Waals surface area contributed by atoms with E-state index in [0.717, 1.165) is 36.8 Å². The maximum absolute atomic E-state index is 13.6. The van der Waals surface area contributed by atoms with Gasteiger partial charge in [-0.15, -0.1) is 10.2 Å². The molecule has 16 nitrogen and oxygen atoms in total. The molecule has 0 aliphatic carbocycles. The topological polar surface area (TPSA) is 185 Å². The molecule has 276 valence electrons. The van der Waals surface area contributed by atoms with Crippen molar-refractivity contribution in [3.63, 3.8) is 0 Å². The second-order valence-electron chi connectivity index (χ2n) is 13.6. The second-order valence-corrected chi connectivity index (χ2v) is 16.0. The van der Waals surface area contributed by atoms with Crippen molar-refractivity contribution in [3.05, 3.63) is 71.3 Å². The van der Waals surface area contributed by atoms with Crippen LogP contribution in [0.15, 0.2) is 64.2 Å². The van der Waals surface area contributed by atoms with Crippen molar-refractivity contribution >= 4 is 56.2 Å². The SMILES string of the molecule is Cn1nc(N2CCC(=O)NC2=O)c2ccc(C3CCN(Cc4nnc(-c5cccc(S(=O)(=O)N6CCC(Nc7ncc(Cl)cn7)CC6)c5)o4)CC3)cc21. The summed E-state index contributed by atoms with van der Waals surface area (Å²) in [6.45, 7) is 3.19. The van der Waals surface area contributed by atoms with Gasteiger partial charge in [-0.3, -0.25) is 24.6 Å². The number of benzene rings is 2. The van der Waals surface area contributed by atoms with Crippen LogP contribution >= 0.6 is 11.6 Å². The maximum Gasteiger partial charge on any atom is 0.329 e. The van der Waals surface area contributed by atoms with Crippen LogP contribution in [-0.4, -0.2) is 98.3 Å². The molecule has 6 heterocycles. The van der Waals surface area contributed by atoms with Crippen LogP contribution in [0.3, 0.4) is 0 Å². The molecular formula is C35H38ClN11O5S. The summed E-state index contributed by atoms with van der Waals surface area (Å²) in [6.07, 6.45) is 6.39. The molecule has 2 N–H and O–H groups in total. The lowest BCUT2D eigenvalue weighted by Crippen LogP contribution is -2.49. The third kappa shape index (κ3) is 7.33. The lowest BCUT2D eigenvalue weighted by atomic mass is 9.89. The average molecular weight is 760 g/mol. The minimum atomic E-state index is -3.74. The minimum absolute atomic E-state index is 0.0493. The summed E-state index contributed by atoms with van der Waals surface area (Å²) in [5.74, 6) is 1.84. The highest BCUT2D eigenvalue weighted by atomic mass is 35.5. The Balaban J connectivity index is 0.864. The lowest BCUT2D eigenvalue weighted by molar-refractivity contribution is -0.120. The number of fused-ring (bicyclic) bond motifs is 1. The largest absolute Gasteiger partial charge is 0.419 e.